The van der Waals surface area contributed by atoms with E-state index in [1.54, 1.807) is 11.0 Å². The van der Waals surface area contributed by atoms with Crippen molar-refractivity contribution >= 4 is 12.4 Å². The van der Waals surface area contributed by atoms with Crippen LogP contribution in [-0.4, -0.2) is 61.6 Å². The maximum atomic E-state index is 12.3. The first-order chi connectivity index (χ1) is 11.7. The van der Waals surface area contributed by atoms with Gasteiger partial charge in [-0.3, -0.25) is 4.79 Å². The predicted molar refractivity (Wildman–Crippen MR) is 96.2 cm³/mol. The lowest BCUT2D eigenvalue weighted by Crippen LogP contribution is -2.40. The zero-order valence-corrected chi connectivity index (χ0v) is 15.8. The van der Waals surface area contributed by atoms with Crippen LogP contribution >= 0.6 is 0 Å². The van der Waals surface area contributed by atoms with E-state index in [9.17, 15) is 9.59 Å². The number of aldehydes is 1. The largest absolute Gasteiger partial charge is 0.492 e. The summed E-state index contributed by atoms with van der Waals surface area (Å²) in [6.07, 6.45) is 1.16. The van der Waals surface area contributed by atoms with Gasteiger partial charge in [0.1, 0.15) is 18.0 Å². The Bertz CT molecular complexity index is 635. The van der Waals surface area contributed by atoms with E-state index in [0.717, 1.165) is 24.0 Å². The van der Waals surface area contributed by atoms with E-state index < -0.39 is 5.60 Å². The first-order valence-electron chi connectivity index (χ1n) is 8.56. The number of nitrogens with zero attached hydrogens (tertiary/aromatic N) is 2. The molecule has 1 heterocycles. The van der Waals surface area contributed by atoms with Gasteiger partial charge in [-0.25, -0.2) is 4.79 Å². The standard InChI is InChI=1S/C19H28N2O4/c1-19(2,3)25-18(23)21-7-6-14-10-16(24-9-8-20(4)5)11-15(13-22)17(14)12-21/h10-11,13H,6-9,12H2,1-5H3. The Labute approximate surface area is 149 Å². The van der Waals surface area contributed by atoms with E-state index in [0.29, 0.717) is 37.4 Å². The van der Waals surface area contributed by atoms with Gasteiger partial charge in [-0.05, 0) is 64.5 Å². The lowest BCUT2D eigenvalue weighted by molar-refractivity contribution is 0.0223. The van der Waals surface area contributed by atoms with Crippen molar-refractivity contribution in [1.29, 1.82) is 0 Å². The molecule has 0 fully saturated rings. The van der Waals surface area contributed by atoms with Crippen LogP contribution in [0.2, 0.25) is 0 Å². The third-order valence-electron chi connectivity index (χ3n) is 3.94. The summed E-state index contributed by atoms with van der Waals surface area (Å²) in [5.41, 5.74) is 1.98. The van der Waals surface area contributed by atoms with Crippen molar-refractivity contribution in [3.8, 4) is 5.75 Å². The van der Waals surface area contributed by atoms with Gasteiger partial charge in [-0.1, -0.05) is 0 Å². The van der Waals surface area contributed by atoms with Crippen molar-refractivity contribution in [2.75, 3.05) is 33.8 Å². The highest BCUT2D eigenvalue weighted by Crippen LogP contribution is 2.28. The molecule has 1 aromatic rings. The Kier molecular flexibility index (Phi) is 6.06. The molecule has 1 aliphatic rings. The number of rotatable bonds is 5. The van der Waals surface area contributed by atoms with E-state index in [1.165, 1.54) is 0 Å². The minimum Gasteiger partial charge on any atom is -0.492 e. The van der Waals surface area contributed by atoms with Crippen molar-refractivity contribution in [3.63, 3.8) is 0 Å². The van der Waals surface area contributed by atoms with Crippen molar-refractivity contribution in [1.82, 2.24) is 9.80 Å². The highest BCUT2D eigenvalue weighted by molar-refractivity contribution is 5.80. The third kappa shape index (κ3) is 5.46. The van der Waals surface area contributed by atoms with Gasteiger partial charge in [0.15, 0.2) is 6.29 Å². The molecule has 1 aromatic carbocycles. The van der Waals surface area contributed by atoms with E-state index >= 15 is 0 Å². The summed E-state index contributed by atoms with van der Waals surface area (Å²) < 4.78 is 11.2. The number of amides is 1. The van der Waals surface area contributed by atoms with Gasteiger partial charge in [0.2, 0.25) is 0 Å². The molecule has 25 heavy (non-hydrogen) atoms. The zero-order chi connectivity index (χ0) is 18.6. The third-order valence-corrected chi connectivity index (χ3v) is 3.94. The topological polar surface area (TPSA) is 59.1 Å². The number of likely N-dealkylation sites (N-methyl/N-ethyl adjacent to an activating group) is 1. The lowest BCUT2D eigenvalue weighted by atomic mass is 9.95. The summed E-state index contributed by atoms with van der Waals surface area (Å²) in [5, 5.41) is 0. The summed E-state index contributed by atoms with van der Waals surface area (Å²) in [4.78, 5) is 27.5. The molecule has 0 radical (unpaired) electrons. The average molecular weight is 348 g/mol. The lowest BCUT2D eigenvalue weighted by Gasteiger charge is -2.32. The van der Waals surface area contributed by atoms with E-state index in [4.69, 9.17) is 9.47 Å². The number of carbonyl (C=O) groups is 2. The van der Waals surface area contributed by atoms with Gasteiger partial charge in [0.05, 0.1) is 0 Å². The van der Waals surface area contributed by atoms with Crippen molar-refractivity contribution < 1.29 is 19.1 Å². The van der Waals surface area contributed by atoms with Crippen molar-refractivity contribution in [2.45, 2.75) is 39.3 Å². The normalized spacial score (nSPS) is 14.2. The van der Waals surface area contributed by atoms with Gasteiger partial charge in [-0.2, -0.15) is 0 Å². The van der Waals surface area contributed by atoms with Crippen LogP contribution in [0.3, 0.4) is 0 Å². The fraction of sp³-hybridized carbons (Fsp3) is 0.579. The summed E-state index contributed by atoms with van der Waals surface area (Å²) in [7, 11) is 3.97. The number of fused-ring (bicyclic) bond motifs is 1. The first kappa shape index (κ1) is 19.2. The minimum absolute atomic E-state index is 0.346. The Morgan fingerprint density at radius 1 is 1.32 bits per heavy atom. The first-order valence-corrected chi connectivity index (χ1v) is 8.56. The van der Waals surface area contributed by atoms with Crippen LogP contribution in [0, 0.1) is 0 Å². The second-order valence-corrected chi connectivity index (χ2v) is 7.57. The summed E-state index contributed by atoms with van der Waals surface area (Å²) in [6.45, 7) is 7.86. The molecule has 138 valence electrons. The molecule has 0 bridgehead atoms. The molecule has 6 nitrogen and oxygen atoms in total. The van der Waals surface area contributed by atoms with E-state index in [2.05, 4.69) is 0 Å². The molecule has 1 amide bonds. The molecule has 0 unspecified atom stereocenters. The van der Waals surface area contributed by atoms with Crippen LogP contribution in [0.25, 0.3) is 0 Å². The molecule has 0 aliphatic carbocycles. The highest BCUT2D eigenvalue weighted by Gasteiger charge is 2.27. The van der Waals surface area contributed by atoms with Crippen LogP contribution in [0.4, 0.5) is 4.79 Å². The van der Waals surface area contributed by atoms with Crippen LogP contribution in [0.15, 0.2) is 12.1 Å². The fourth-order valence-electron chi connectivity index (χ4n) is 2.68. The molecule has 0 saturated heterocycles. The van der Waals surface area contributed by atoms with Gasteiger partial charge in [0.25, 0.3) is 0 Å². The van der Waals surface area contributed by atoms with E-state index in [1.807, 2.05) is 45.8 Å². The molecule has 0 spiro atoms. The number of hydrogen-bond donors (Lipinski definition) is 0. The summed E-state index contributed by atoms with van der Waals surface area (Å²) >= 11 is 0. The zero-order valence-electron chi connectivity index (χ0n) is 15.8. The highest BCUT2D eigenvalue weighted by atomic mass is 16.6. The van der Waals surface area contributed by atoms with Crippen molar-refractivity contribution in [2.24, 2.45) is 0 Å². The molecule has 0 saturated carbocycles. The molecule has 0 aromatic heterocycles. The maximum Gasteiger partial charge on any atom is 0.410 e. The second-order valence-electron chi connectivity index (χ2n) is 7.57. The monoisotopic (exact) mass is 348 g/mol. The Morgan fingerprint density at radius 2 is 2.04 bits per heavy atom. The molecule has 1 aliphatic heterocycles. The molecular weight excluding hydrogens is 320 g/mol. The van der Waals surface area contributed by atoms with Gasteiger partial charge in [-0.15, -0.1) is 0 Å². The Hall–Kier alpha value is -2.08. The summed E-state index contributed by atoms with van der Waals surface area (Å²) in [5.74, 6) is 0.702. The number of carbonyl (C=O) groups excluding carboxylic acids is 2. The molecule has 2 rings (SSSR count). The van der Waals surface area contributed by atoms with Gasteiger partial charge in [0, 0.05) is 25.2 Å². The number of ether oxygens (including phenoxy) is 2. The fourth-order valence-corrected chi connectivity index (χ4v) is 2.68. The second kappa shape index (κ2) is 7.87. The Morgan fingerprint density at radius 3 is 2.64 bits per heavy atom. The van der Waals surface area contributed by atoms with Crippen LogP contribution in [0.5, 0.6) is 5.75 Å². The average Bonchev–Trinajstić information content (AvgIpc) is 2.51. The van der Waals surface area contributed by atoms with Crippen molar-refractivity contribution in [3.05, 3.63) is 28.8 Å². The maximum absolute atomic E-state index is 12.3. The molecule has 0 atom stereocenters. The van der Waals surface area contributed by atoms with Crippen LogP contribution in [-0.2, 0) is 17.7 Å². The SMILES string of the molecule is CN(C)CCOc1cc(C=O)c2c(c1)CCN(C(=O)OC(C)(C)C)C2. The van der Waals surface area contributed by atoms with Crippen LogP contribution < -0.4 is 4.74 Å². The molecule has 0 N–H and O–H groups in total. The predicted octanol–water partition coefficient (Wildman–Crippen LogP) is 2.73. The molecular formula is C19H28N2O4. The van der Waals surface area contributed by atoms with Gasteiger partial charge >= 0.3 is 6.09 Å². The number of benzene rings is 1. The van der Waals surface area contributed by atoms with Gasteiger partial charge < -0.3 is 19.3 Å². The van der Waals surface area contributed by atoms with Crippen LogP contribution in [0.1, 0.15) is 42.3 Å². The number of hydrogen-bond acceptors (Lipinski definition) is 5. The quantitative estimate of drug-likeness (QED) is 0.766. The molecule has 6 heteroatoms. The smallest absolute Gasteiger partial charge is 0.410 e. The van der Waals surface area contributed by atoms with E-state index in [-0.39, 0.29) is 6.09 Å². The summed E-state index contributed by atoms with van der Waals surface area (Å²) in [6, 6.07) is 3.73. The Balaban J connectivity index is 2.13. The minimum atomic E-state index is -0.533.